The van der Waals surface area contributed by atoms with Crippen LogP contribution in [-0.2, 0) is 22.6 Å². The molecule has 39 heavy (non-hydrogen) atoms. The molecule has 2 aromatic carbocycles. The number of hydrogen-bond donors (Lipinski definition) is 1. The molecule has 10 nitrogen and oxygen atoms in total. The number of benzene rings is 2. The van der Waals surface area contributed by atoms with E-state index in [2.05, 4.69) is 5.32 Å². The van der Waals surface area contributed by atoms with Crippen LogP contribution in [0.1, 0.15) is 31.4 Å². The lowest BCUT2D eigenvalue weighted by Crippen LogP contribution is -2.76. The van der Waals surface area contributed by atoms with Crippen molar-refractivity contribution in [3.63, 3.8) is 0 Å². The topological polar surface area (TPSA) is 94.7 Å². The zero-order valence-corrected chi connectivity index (χ0v) is 23.4. The number of carbonyl (C=O) groups is 3. The number of hydrogen-bond acceptors (Lipinski definition) is 6. The molecule has 1 unspecified atom stereocenters. The molecule has 0 aromatic heterocycles. The van der Waals surface area contributed by atoms with Crippen molar-refractivity contribution < 1.29 is 23.9 Å². The van der Waals surface area contributed by atoms with Crippen LogP contribution in [0.2, 0.25) is 0 Å². The molecule has 2 aliphatic heterocycles. The van der Waals surface area contributed by atoms with Crippen LogP contribution in [0.25, 0.3) is 0 Å². The van der Waals surface area contributed by atoms with Crippen molar-refractivity contribution in [1.29, 1.82) is 0 Å². The van der Waals surface area contributed by atoms with E-state index in [-0.39, 0.29) is 36.9 Å². The van der Waals surface area contributed by atoms with Gasteiger partial charge in [-0.25, -0.2) is 14.8 Å². The lowest BCUT2D eigenvalue weighted by atomic mass is 9.92. The monoisotopic (exact) mass is 537 g/mol. The number of nitrogens with one attached hydrogen (secondary N) is 1. The van der Waals surface area contributed by atoms with Gasteiger partial charge in [0.2, 0.25) is 11.8 Å². The van der Waals surface area contributed by atoms with Gasteiger partial charge in [0.05, 0.1) is 27.3 Å². The van der Waals surface area contributed by atoms with E-state index in [1.165, 1.54) is 0 Å². The first-order valence-electron chi connectivity index (χ1n) is 13.4. The highest BCUT2D eigenvalue weighted by atomic mass is 16.5. The zero-order chi connectivity index (χ0) is 28.1. The summed E-state index contributed by atoms with van der Waals surface area (Å²) < 4.78 is 10.8. The average Bonchev–Trinajstić information content (AvgIpc) is 2.95. The molecule has 2 saturated heterocycles. The number of rotatable bonds is 9. The predicted molar refractivity (Wildman–Crippen MR) is 147 cm³/mol. The summed E-state index contributed by atoms with van der Waals surface area (Å²) in [5.74, 6) is 0.981. The molecule has 2 fully saturated rings. The van der Waals surface area contributed by atoms with Crippen LogP contribution >= 0.6 is 0 Å². The summed E-state index contributed by atoms with van der Waals surface area (Å²) in [7, 11) is 4.92. The third-order valence-corrected chi connectivity index (χ3v) is 7.67. The second-order valence-corrected chi connectivity index (χ2v) is 10.1. The fraction of sp³-hybridized carbons (Fsp3) is 0.483. The summed E-state index contributed by atoms with van der Waals surface area (Å²) in [6.45, 7) is 5.07. The first-order valence-corrected chi connectivity index (χ1v) is 13.4. The SMILES string of the molecule is CCC(C)[C@H]1C(=O)N(CCc2ccc(OC)c(OC)c2)C[C@H]2N1C(=O)CN(C)N2C(=O)NCc1ccccc1. The molecule has 0 spiro atoms. The van der Waals surface area contributed by atoms with Gasteiger partial charge in [0, 0.05) is 20.1 Å². The van der Waals surface area contributed by atoms with E-state index < -0.39 is 12.2 Å². The standard InChI is InChI=1S/C29H39N5O5/c1-6-20(2)27-28(36)32(15-14-21-12-13-23(38-4)24(16-21)39-5)18-25-33(27)26(35)19-31(3)34(25)29(37)30-17-22-10-8-7-9-11-22/h7-13,16,20,25,27H,6,14-15,17-19H2,1-5H3,(H,30,37)/t20?,25-,27-/m0/s1. The first-order chi connectivity index (χ1) is 18.8. The molecular weight excluding hydrogens is 498 g/mol. The van der Waals surface area contributed by atoms with Gasteiger partial charge in [-0.2, -0.15) is 0 Å². The first kappa shape index (κ1) is 28.2. The Morgan fingerprint density at radius 1 is 1.05 bits per heavy atom. The zero-order valence-electron chi connectivity index (χ0n) is 23.4. The van der Waals surface area contributed by atoms with Crippen LogP contribution in [0.3, 0.4) is 0 Å². The number of amides is 4. The maximum absolute atomic E-state index is 13.8. The molecular formula is C29H39N5O5. The smallest absolute Gasteiger partial charge is 0.334 e. The van der Waals surface area contributed by atoms with Gasteiger partial charge in [0.15, 0.2) is 11.5 Å². The van der Waals surface area contributed by atoms with Crippen LogP contribution in [0.5, 0.6) is 11.5 Å². The second kappa shape index (κ2) is 12.4. The summed E-state index contributed by atoms with van der Waals surface area (Å²) in [5, 5.41) is 6.24. The Bertz CT molecular complexity index is 1180. The van der Waals surface area contributed by atoms with Gasteiger partial charge in [-0.15, -0.1) is 0 Å². The summed E-state index contributed by atoms with van der Waals surface area (Å²) in [5.41, 5.74) is 1.98. The van der Waals surface area contributed by atoms with Crippen molar-refractivity contribution in [1.82, 2.24) is 25.1 Å². The third kappa shape index (κ3) is 5.95. The molecule has 210 valence electrons. The minimum Gasteiger partial charge on any atom is -0.493 e. The van der Waals surface area contributed by atoms with Gasteiger partial charge in [-0.3, -0.25) is 9.59 Å². The van der Waals surface area contributed by atoms with Gasteiger partial charge >= 0.3 is 6.03 Å². The Hall–Kier alpha value is -3.79. The molecule has 2 aromatic rings. The van der Waals surface area contributed by atoms with Gasteiger partial charge in [-0.1, -0.05) is 56.7 Å². The number of likely N-dealkylation sites (N-methyl/N-ethyl adjacent to an activating group) is 1. The van der Waals surface area contributed by atoms with Crippen molar-refractivity contribution in [3.05, 3.63) is 59.7 Å². The molecule has 4 amide bonds. The summed E-state index contributed by atoms with van der Waals surface area (Å²) in [4.78, 5) is 44.0. The highest BCUT2D eigenvalue weighted by Crippen LogP contribution is 2.31. The van der Waals surface area contributed by atoms with Crippen LogP contribution < -0.4 is 14.8 Å². The fourth-order valence-electron chi connectivity index (χ4n) is 5.35. The maximum Gasteiger partial charge on any atom is 0.334 e. The number of fused-ring (bicyclic) bond motifs is 1. The maximum atomic E-state index is 13.8. The van der Waals surface area contributed by atoms with Crippen molar-refractivity contribution in [3.8, 4) is 11.5 Å². The highest BCUT2D eigenvalue weighted by Gasteiger charge is 2.51. The molecule has 0 radical (unpaired) electrons. The number of methoxy groups -OCH3 is 2. The van der Waals surface area contributed by atoms with E-state index in [9.17, 15) is 14.4 Å². The molecule has 0 bridgehead atoms. The van der Waals surface area contributed by atoms with Crippen molar-refractivity contribution in [2.75, 3.05) is 40.9 Å². The Balaban J connectivity index is 1.58. The largest absolute Gasteiger partial charge is 0.493 e. The van der Waals surface area contributed by atoms with E-state index in [0.717, 1.165) is 17.5 Å². The highest BCUT2D eigenvalue weighted by molar-refractivity contribution is 5.91. The van der Waals surface area contributed by atoms with Crippen molar-refractivity contribution in [2.24, 2.45) is 5.92 Å². The average molecular weight is 538 g/mol. The number of hydrazine groups is 1. The van der Waals surface area contributed by atoms with Crippen molar-refractivity contribution >= 4 is 17.8 Å². The molecule has 2 heterocycles. The number of carbonyl (C=O) groups excluding carboxylic acids is 3. The van der Waals surface area contributed by atoms with Gasteiger partial charge in [0.1, 0.15) is 12.2 Å². The van der Waals surface area contributed by atoms with E-state index in [1.54, 1.807) is 41.1 Å². The summed E-state index contributed by atoms with van der Waals surface area (Å²) >= 11 is 0. The number of urea groups is 1. The van der Waals surface area contributed by atoms with Gasteiger partial charge < -0.3 is 24.6 Å². The van der Waals surface area contributed by atoms with Gasteiger partial charge in [0.25, 0.3) is 0 Å². The Kier molecular flexibility index (Phi) is 8.96. The second-order valence-electron chi connectivity index (χ2n) is 10.1. The minimum absolute atomic E-state index is 0.0289. The number of nitrogens with zero attached hydrogens (tertiary/aromatic N) is 4. The molecule has 10 heteroatoms. The van der Waals surface area contributed by atoms with E-state index >= 15 is 0 Å². The molecule has 4 rings (SSSR count). The van der Waals surface area contributed by atoms with E-state index in [1.807, 2.05) is 62.4 Å². The lowest BCUT2D eigenvalue weighted by molar-refractivity contribution is -0.190. The number of ether oxygens (including phenoxy) is 2. The minimum atomic E-state index is -0.634. The predicted octanol–water partition coefficient (Wildman–Crippen LogP) is 2.73. The molecule has 3 atom stereocenters. The Labute approximate surface area is 230 Å². The van der Waals surface area contributed by atoms with Crippen molar-refractivity contribution in [2.45, 2.75) is 45.4 Å². The van der Waals surface area contributed by atoms with Gasteiger partial charge in [-0.05, 0) is 35.6 Å². The molecule has 0 saturated carbocycles. The number of piperazine rings is 1. The van der Waals surface area contributed by atoms with Crippen LogP contribution in [0.4, 0.5) is 4.79 Å². The third-order valence-electron chi connectivity index (χ3n) is 7.67. The lowest BCUT2D eigenvalue weighted by Gasteiger charge is -2.55. The van der Waals surface area contributed by atoms with Crippen LogP contribution in [-0.4, -0.2) is 90.8 Å². The summed E-state index contributed by atoms with van der Waals surface area (Å²) in [6, 6.07) is 14.5. The van der Waals surface area contributed by atoms with Crippen LogP contribution in [0, 0.1) is 5.92 Å². The van der Waals surface area contributed by atoms with E-state index in [4.69, 9.17) is 9.47 Å². The molecule has 0 aliphatic carbocycles. The molecule has 2 aliphatic rings. The summed E-state index contributed by atoms with van der Waals surface area (Å²) in [6.07, 6.45) is 0.719. The quantitative estimate of drug-likeness (QED) is 0.529. The molecule has 1 N–H and O–H groups in total. The normalized spacial score (nSPS) is 20.5. The van der Waals surface area contributed by atoms with E-state index in [0.29, 0.717) is 31.0 Å². The Morgan fingerprint density at radius 3 is 2.44 bits per heavy atom. The Morgan fingerprint density at radius 2 is 1.77 bits per heavy atom. The van der Waals surface area contributed by atoms with Crippen LogP contribution in [0.15, 0.2) is 48.5 Å². The fourth-order valence-corrected chi connectivity index (χ4v) is 5.35.